The van der Waals surface area contributed by atoms with Crippen molar-refractivity contribution in [2.45, 2.75) is 38.8 Å². The molecule has 0 aliphatic carbocycles. The summed E-state index contributed by atoms with van der Waals surface area (Å²) in [5, 5.41) is 1.06. The number of pyridine rings is 1. The predicted octanol–water partition coefficient (Wildman–Crippen LogP) is 5.35. The van der Waals surface area contributed by atoms with E-state index in [9.17, 15) is 0 Å². The fraction of sp³-hybridized carbons (Fsp3) is 0.458. The van der Waals surface area contributed by atoms with Crippen LogP contribution in [0.5, 0.6) is 5.75 Å². The van der Waals surface area contributed by atoms with Gasteiger partial charge in [-0.05, 0) is 38.2 Å². The van der Waals surface area contributed by atoms with E-state index < -0.39 is 8.07 Å². The van der Waals surface area contributed by atoms with Crippen molar-refractivity contribution < 1.29 is 9.47 Å². The van der Waals surface area contributed by atoms with Crippen LogP contribution in [-0.2, 0) is 11.5 Å². The van der Waals surface area contributed by atoms with Crippen molar-refractivity contribution in [3.8, 4) is 16.9 Å². The number of fused-ring (bicyclic) bond motifs is 1. The number of ether oxygens (including phenoxy) is 2. The molecule has 30 heavy (non-hydrogen) atoms. The van der Waals surface area contributed by atoms with Crippen LogP contribution < -0.4 is 4.74 Å². The maximum atomic E-state index is 6.20. The summed E-state index contributed by atoms with van der Waals surface area (Å²) < 4.78 is 14.3. The molecule has 2 heterocycles. The third-order valence-corrected chi connectivity index (χ3v) is 6.74. The molecule has 0 amide bonds. The lowest BCUT2D eigenvalue weighted by atomic mass is 10.1. The second kappa shape index (κ2) is 10.2. The van der Waals surface area contributed by atoms with Gasteiger partial charge in [-0.1, -0.05) is 50.0 Å². The molecule has 3 aromatic rings. The normalized spacial score (nSPS) is 12.1. The molecule has 0 saturated carbocycles. The fourth-order valence-electron chi connectivity index (χ4n) is 3.35. The molecule has 0 spiro atoms. The van der Waals surface area contributed by atoms with Crippen molar-refractivity contribution >= 4 is 19.1 Å². The van der Waals surface area contributed by atoms with Crippen LogP contribution in [0.3, 0.4) is 0 Å². The average molecular weight is 426 g/mol. The molecule has 0 bridgehead atoms. The molecule has 0 aliphatic rings. The monoisotopic (exact) mass is 425 g/mol. The molecule has 1 aromatic carbocycles. The maximum Gasteiger partial charge on any atom is 0.146 e. The van der Waals surface area contributed by atoms with E-state index in [4.69, 9.17) is 9.47 Å². The molecule has 0 radical (unpaired) electrons. The Hall–Kier alpha value is -2.15. The van der Waals surface area contributed by atoms with Crippen molar-refractivity contribution in [2.24, 2.45) is 0 Å². The summed E-state index contributed by atoms with van der Waals surface area (Å²) in [7, 11) is 3.06. The zero-order valence-electron chi connectivity index (χ0n) is 19.0. The number of aromatic nitrogens is 2. The summed E-state index contributed by atoms with van der Waals surface area (Å²) in [6, 6.07) is 13.6. The smallest absolute Gasteiger partial charge is 0.146 e. The Labute approximate surface area is 181 Å². The van der Waals surface area contributed by atoms with Crippen LogP contribution in [0.2, 0.25) is 25.7 Å². The molecule has 6 heteroatoms. The Morgan fingerprint density at radius 3 is 2.50 bits per heavy atom. The van der Waals surface area contributed by atoms with Gasteiger partial charge in [-0.25, -0.2) is 4.98 Å². The van der Waals surface area contributed by atoms with E-state index in [1.165, 1.54) is 0 Å². The molecule has 0 fully saturated rings. The first kappa shape index (κ1) is 22.5. The van der Waals surface area contributed by atoms with Gasteiger partial charge in [0.2, 0.25) is 0 Å². The van der Waals surface area contributed by atoms with Crippen LogP contribution in [-0.4, -0.2) is 56.4 Å². The highest BCUT2D eigenvalue weighted by Gasteiger charge is 2.17. The van der Waals surface area contributed by atoms with Crippen molar-refractivity contribution in [3.05, 3.63) is 48.8 Å². The minimum atomic E-state index is -1.11. The maximum absolute atomic E-state index is 6.20. The van der Waals surface area contributed by atoms with Crippen LogP contribution in [0.25, 0.3) is 22.2 Å². The lowest BCUT2D eigenvalue weighted by Gasteiger charge is -2.15. The van der Waals surface area contributed by atoms with E-state index >= 15 is 0 Å². The molecule has 0 saturated heterocycles. The van der Waals surface area contributed by atoms with E-state index in [2.05, 4.69) is 78.6 Å². The molecule has 0 atom stereocenters. The predicted molar refractivity (Wildman–Crippen MR) is 128 cm³/mol. The summed E-state index contributed by atoms with van der Waals surface area (Å²) in [4.78, 5) is 6.85. The van der Waals surface area contributed by atoms with Crippen LogP contribution in [0.1, 0.15) is 6.42 Å². The molecule has 0 aliphatic heterocycles. The van der Waals surface area contributed by atoms with Gasteiger partial charge in [0.15, 0.2) is 0 Å². The molecule has 5 nitrogen and oxygen atoms in total. The van der Waals surface area contributed by atoms with E-state index in [1.54, 1.807) is 0 Å². The highest BCUT2D eigenvalue weighted by Crippen LogP contribution is 2.36. The summed E-state index contributed by atoms with van der Waals surface area (Å²) in [6.45, 7) is 10.1. The Bertz CT molecular complexity index is 933. The van der Waals surface area contributed by atoms with Crippen LogP contribution in [0, 0.1) is 0 Å². The van der Waals surface area contributed by atoms with Crippen LogP contribution >= 0.6 is 0 Å². The van der Waals surface area contributed by atoms with Gasteiger partial charge in [0.25, 0.3) is 0 Å². The topological polar surface area (TPSA) is 39.5 Å². The number of rotatable bonds is 11. The third kappa shape index (κ3) is 6.17. The third-order valence-electron chi connectivity index (χ3n) is 5.04. The van der Waals surface area contributed by atoms with Gasteiger partial charge in [-0.2, -0.15) is 0 Å². The minimum Gasteiger partial charge on any atom is -0.493 e. The molecule has 0 N–H and O–H groups in total. The van der Waals surface area contributed by atoms with Crippen molar-refractivity contribution in [2.75, 3.05) is 33.9 Å². The van der Waals surface area contributed by atoms with E-state index in [1.807, 2.05) is 18.3 Å². The molecular weight excluding hydrogens is 390 g/mol. The second-order valence-corrected chi connectivity index (χ2v) is 14.9. The summed E-state index contributed by atoms with van der Waals surface area (Å²) in [5.74, 6) is 0.887. The lowest BCUT2D eigenvalue weighted by Crippen LogP contribution is -2.22. The Morgan fingerprint density at radius 2 is 1.80 bits per heavy atom. The number of hydrogen-bond donors (Lipinski definition) is 0. The minimum absolute atomic E-state index is 0.505. The average Bonchev–Trinajstić information content (AvgIpc) is 3.08. The van der Waals surface area contributed by atoms with Crippen molar-refractivity contribution in [3.63, 3.8) is 0 Å². The van der Waals surface area contributed by atoms with Gasteiger partial charge >= 0.3 is 0 Å². The standard InChI is InChI=1S/C24H35N3O2Si/c1-26(2)14-9-15-29-22-12-13-25-24-23(22)21(20-10-7-6-8-11-20)18-27(24)19-28-16-17-30(3,4)5/h6-8,10-13,18H,9,14-17,19H2,1-5H3. The molecule has 0 unspecified atom stereocenters. The summed E-state index contributed by atoms with van der Waals surface area (Å²) in [6.07, 6.45) is 4.96. The first-order valence-corrected chi connectivity index (χ1v) is 14.4. The van der Waals surface area contributed by atoms with Crippen LogP contribution in [0.15, 0.2) is 48.8 Å². The summed E-state index contributed by atoms with van der Waals surface area (Å²) in [5.41, 5.74) is 3.21. The molecule has 2 aromatic heterocycles. The SMILES string of the molecule is CN(C)CCCOc1ccnc2c1c(-c1ccccc1)cn2COCC[Si](C)(C)C. The van der Waals surface area contributed by atoms with E-state index in [-0.39, 0.29) is 0 Å². The van der Waals surface area contributed by atoms with Gasteiger partial charge in [0.1, 0.15) is 18.1 Å². The second-order valence-electron chi connectivity index (χ2n) is 9.24. The number of hydrogen-bond acceptors (Lipinski definition) is 4. The highest BCUT2D eigenvalue weighted by molar-refractivity contribution is 6.76. The Morgan fingerprint density at radius 1 is 1.03 bits per heavy atom. The van der Waals surface area contributed by atoms with E-state index in [0.29, 0.717) is 13.3 Å². The first-order valence-electron chi connectivity index (χ1n) is 10.7. The molecule has 3 rings (SSSR count). The van der Waals surface area contributed by atoms with E-state index in [0.717, 1.165) is 53.5 Å². The highest BCUT2D eigenvalue weighted by atomic mass is 28.3. The van der Waals surface area contributed by atoms with Crippen molar-refractivity contribution in [1.29, 1.82) is 0 Å². The van der Waals surface area contributed by atoms with Crippen LogP contribution in [0.4, 0.5) is 0 Å². The van der Waals surface area contributed by atoms with Gasteiger partial charge in [-0.3, -0.25) is 0 Å². The molecule has 162 valence electrons. The van der Waals surface area contributed by atoms with Crippen molar-refractivity contribution in [1.82, 2.24) is 14.5 Å². The van der Waals surface area contributed by atoms with Gasteiger partial charge in [-0.15, -0.1) is 0 Å². The van der Waals surface area contributed by atoms with Gasteiger partial charge in [0.05, 0.1) is 12.0 Å². The zero-order valence-corrected chi connectivity index (χ0v) is 20.0. The number of nitrogens with zero attached hydrogens (tertiary/aromatic N) is 3. The lowest BCUT2D eigenvalue weighted by molar-refractivity contribution is 0.0899. The summed E-state index contributed by atoms with van der Waals surface area (Å²) >= 11 is 0. The molecular formula is C24H35N3O2Si. The largest absolute Gasteiger partial charge is 0.493 e. The van der Waals surface area contributed by atoms with Gasteiger partial charge in [0, 0.05) is 39.2 Å². The zero-order chi connectivity index (χ0) is 21.6. The Balaban J connectivity index is 1.87. The van der Waals surface area contributed by atoms with Gasteiger partial charge < -0.3 is 18.9 Å². The first-order chi connectivity index (χ1) is 14.3. The number of benzene rings is 1. The quantitative estimate of drug-likeness (QED) is 0.307. The Kier molecular flexibility index (Phi) is 7.69. The fourth-order valence-corrected chi connectivity index (χ4v) is 4.10.